The van der Waals surface area contributed by atoms with Gasteiger partial charge in [-0.1, -0.05) is 27.7 Å². The van der Waals surface area contributed by atoms with Crippen LogP contribution in [0.2, 0.25) is 0 Å². The highest BCUT2D eigenvalue weighted by atomic mass is 15.1. The third-order valence-electron chi connectivity index (χ3n) is 4.00. The average molecular weight is 256 g/mol. The van der Waals surface area contributed by atoms with Crippen LogP contribution >= 0.6 is 0 Å². The molecule has 2 aliphatic heterocycles. The zero-order chi connectivity index (χ0) is 12.5. The number of hydrogen-bond acceptors (Lipinski definition) is 2. The van der Waals surface area contributed by atoms with Gasteiger partial charge in [0.25, 0.3) is 0 Å². The van der Waals surface area contributed by atoms with Gasteiger partial charge in [-0.25, -0.2) is 0 Å². The van der Waals surface area contributed by atoms with E-state index >= 15 is 0 Å². The van der Waals surface area contributed by atoms with Crippen molar-refractivity contribution in [2.75, 3.05) is 39.8 Å². The SMILES string of the molecule is C.CC1CCN(C)CC1.CCCN1CCCCC1. The Labute approximate surface area is 116 Å². The van der Waals surface area contributed by atoms with Crippen molar-refractivity contribution in [2.45, 2.75) is 59.8 Å². The summed E-state index contributed by atoms with van der Waals surface area (Å²) in [7, 11) is 2.20. The fourth-order valence-corrected chi connectivity index (χ4v) is 2.64. The Hall–Kier alpha value is -0.0800. The zero-order valence-electron chi connectivity index (χ0n) is 12.2. The molecule has 0 spiro atoms. The molecule has 0 aromatic rings. The van der Waals surface area contributed by atoms with Gasteiger partial charge in [0, 0.05) is 0 Å². The number of piperidine rings is 2. The molecule has 0 N–H and O–H groups in total. The van der Waals surface area contributed by atoms with Gasteiger partial charge in [0.1, 0.15) is 0 Å². The van der Waals surface area contributed by atoms with Gasteiger partial charge in [0.05, 0.1) is 0 Å². The molecule has 2 rings (SSSR count). The molecule has 0 unspecified atom stereocenters. The van der Waals surface area contributed by atoms with Crippen LogP contribution in [0.5, 0.6) is 0 Å². The normalized spacial score (nSPS) is 22.8. The van der Waals surface area contributed by atoms with E-state index in [4.69, 9.17) is 0 Å². The van der Waals surface area contributed by atoms with E-state index in [2.05, 4.69) is 30.7 Å². The van der Waals surface area contributed by atoms with E-state index in [1.54, 1.807) is 0 Å². The topological polar surface area (TPSA) is 6.48 Å². The summed E-state index contributed by atoms with van der Waals surface area (Å²) in [6.45, 7) is 11.2. The first-order valence-electron chi connectivity index (χ1n) is 7.63. The first-order valence-corrected chi connectivity index (χ1v) is 7.63. The van der Waals surface area contributed by atoms with Crippen molar-refractivity contribution in [1.82, 2.24) is 9.80 Å². The van der Waals surface area contributed by atoms with E-state index in [1.807, 2.05) is 0 Å². The standard InChI is InChI=1S/C8H17N.C7H15N.CH4/c1-2-6-9-7-4-3-5-8-9;1-7-3-5-8(2)6-4-7;/h2-8H2,1H3;7H,3-6H2,1-2H3;1H4. The summed E-state index contributed by atoms with van der Waals surface area (Å²) in [6, 6.07) is 0. The molecule has 2 heteroatoms. The third kappa shape index (κ3) is 8.10. The molecule has 18 heavy (non-hydrogen) atoms. The van der Waals surface area contributed by atoms with Crippen LogP contribution in [-0.4, -0.2) is 49.6 Å². The van der Waals surface area contributed by atoms with Crippen LogP contribution in [0.1, 0.15) is 59.8 Å². The molecule has 0 amide bonds. The molecule has 0 aromatic carbocycles. The summed E-state index contributed by atoms with van der Waals surface area (Å²) in [5, 5.41) is 0. The highest BCUT2D eigenvalue weighted by Crippen LogP contribution is 2.13. The molecule has 0 bridgehead atoms. The maximum Gasteiger partial charge on any atom is -0.00187 e. The van der Waals surface area contributed by atoms with Crippen molar-refractivity contribution in [3.63, 3.8) is 0 Å². The molecule has 0 saturated carbocycles. The van der Waals surface area contributed by atoms with Crippen LogP contribution < -0.4 is 0 Å². The molecule has 2 fully saturated rings. The lowest BCUT2D eigenvalue weighted by molar-refractivity contribution is 0.229. The summed E-state index contributed by atoms with van der Waals surface area (Å²) >= 11 is 0. The van der Waals surface area contributed by atoms with Crippen molar-refractivity contribution in [1.29, 1.82) is 0 Å². The van der Waals surface area contributed by atoms with Crippen LogP contribution in [0.25, 0.3) is 0 Å². The van der Waals surface area contributed by atoms with Crippen LogP contribution in [-0.2, 0) is 0 Å². The summed E-state index contributed by atoms with van der Waals surface area (Å²) < 4.78 is 0. The number of nitrogens with zero attached hydrogens (tertiary/aromatic N) is 2. The largest absolute Gasteiger partial charge is 0.306 e. The predicted octanol–water partition coefficient (Wildman–Crippen LogP) is 3.87. The third-order valence-corrected chi connectivity index (χ3v) is 4.00. The highest BCUT2D eigenvalue weighted by molar-refractivity contribution is 4.65. The second kappa shape index (κ2) is 10.8. The first-order chi connectivity index (χ1) is 8.22. The molecule has 2 saturated heterocycles. The van der Waals surface area contributed by atoms with Gasteiger partial charge in [0.15, 0.2) is 0 Å². The average Bonchev–Trinajstić information content (AvgIpc) is 2.36. The van der Waals surface area contributed by atoms with Gasteiger partial charge in [-0.3, -0.25) is 0 Å². The Morgan fingerprint density at radius 3 is 1.94 bits per heavy atom. The Morgan fingerprint density at radius 2 is 1.50 bits per heavy atom. The number of rotatable bonds is 2. The van der Waals surface area contributed by atoms with Gasteiger partial charge in [0.2, 0.25) is 0 Å². The fraction of sp³-hybridized carbons (Fsp3) is 1.00. The van der Waals surface area contributed by atoms with E-state index in [0.29, 0.717) is 0 Å². The summed E-state index contributed by atoms with van der Waals surface area (Å²) in [5.41, 5.74) is 0. The minimum atomic E-state index is 0. The van der Waals surface area contributed by atoms with Crippen molar-refractivity contribution in [3.05, 3.63) is 0 Å². The fourth-order valence-electron chi connectivity index (χ4n) is 2.64. The first kappa shape index (κ1) is 17.9. The molecule has 0 aromatic heterocycles. The van der Waals surface area contributed by atoms with Crippen molar-refractivity contribution in [3.8, 4) is 0 Å². The van der Waals surface area contributed by atoms with E-state index in [9.17, 15) is 0 Å². The maximum atomic E-state index is 2.57. The Kier molecular flexibility index (Phi) is 10.8. The van der Waals surface area contributed by atoms with Gasteiger partial charge in [-0.05, 0) is 77.8 Å². The molecule has 2 nitrogen and oxygen atoms in total. The second-order valence-corrected chi connectivity index (χ2v) is 5.89. The molecule has 0 atom stereocenters. The highest BCUT2D eigenvalue weighted by Gasteiger charge is 2.10. The minimum absolute atomic E-state index is 0. The predicted molar refractivity (Wildman–Crippen MR) is 83.2 cm³/mol. The van der Waals surface area contributed by atoms with E-state index in [-0.39, 0.29) is 7.43 Å². The van der Waals surface area contributed by atoms with Crippen molar-refractivity contribution < 1.29 is 0 Å². The zero-order valence-corrected chi connectivity index (χ0v) is 12.2. The monoisotopic (exact) mass is 256 g/mol. The molecular weight excluding hydrogens is 220 g/mol. The molecule has 0 radical (unpaired) electrons. The van der Waals surface area contributed by atoms with E-state index < -0.39 is 0 Å². The summed E-state index contributed by atoms with van der Waals surface area (Å²) in [5.74, 6) is 0.978. The number of hydrogen-bond donors (Lipinski definition) is 0. The lowest BCUT2D eigenvalue weighted by atomic mass is 10.00. The quantitative estimate of drug-likeness (QED) is 0.740. The van der Waals surface area contributed by atoms with Crippen molar-refractivity contribution >= 4 is 0 Å². The molecule has 110 valence electrons. The van der Waals surface area contributed by atoms with Crippen molar-refractivity contribution in [2.24, 2.45) is 5.92 Å². The van der Waals surface area contributed by atoms with Crippen LogP contribution in [0, 0.1) is 5.92 Å². The van der Waals surface area contributed by atoms with Gasteiger partial charge < -0.3 is 9.80 Å². The lowest BCUT2D eigenvalue weighted by Gasteiger charge is -2.26. The summed E-state index contributed by atoms with van der Waals surface area (Å²) in [6.07, 6.45) is 8.44. The van der Waals surface area contributed by atoms with Gasteiger partial charge in [-0.2, -0.15) is 0 Å². The van der Waals surface area contributed by atoms with Crippen LogP contribution in [0.3, 0.4) is 0 Å². The lowest BCUT2D eigenvalue weighted by Crippen LogP contribution is -2.30. The second-order valence-electron chi connectivity index (χ2n) is 5.89. The smallest absolute Gasteiger partial charge is 0.00187 e. The minimum Gasteiger partial charge on any atom is -0.306 e. The molecular formula is C16H36N2. The van der Waals surface area contributed by atoms with E-state index in [1.165, 1.54) is 71.2 Å². The van der Waals surface area contributed by atoms with Crippen LogP contribution in [0.15, 0.2) is 0 Å². The Bertz CT molecular complexity index is 155. The maximum absolute atomic E-state index is 2.57. The molecule has 2 heterocycles. The van der Waals surface area contributed by atoms with Crippen LogP contribution in [0.4, 0.5) is 0 Å². The van der Waals surface area contributed by atoms with E-state index in [0.717, 1.165) is 5.92 Å². The summed E-state index contributed by atoms with van der Waals surface area (Å²) in [4.78, 5) is 4.98. The van der Waals surface area contributed by atoms with Gasteiger partial charge >= 0.3 is 0 Å². The Morgan fingerprint density at radius 1 is 0.944 bits per heavy atom. The Balaban J connectivity index is 0.000000306. The molecule has 0 aliphatic carbocycles. The number of likely N-dealkylation sites (tertiary alicyclic amines) is 2. The van der Waals surface area contributed by atoms with Gasteiger partial charge in [-0.15, -0.1) is 0 Å². The molecule has 2 aliphatic rings.